The molecule has 0 spiro atoms. The SMILES string of the molecule is CNc1cc(-c2ccc(OCCCN3CCN(c4ncccc4C)CC3)c(C(F)(F)F)c2)nc(C#N)c1N. The topological polar surface area (TPSA) is 103 Å². The van der Waals surface area contributed by atoms with Gasteiger partial charge in [0.15, 0.2) is 5.69 Å². The zero-order chi connectivity index (χ0) is 27.3. The molecule has 200 valence electrons. The van der Waals surface area contributed by atoms with E-state index in [9.17, 15) is 18.4 Å². The molecule has 1 aromatic carbocycles. The van der Waals surface area contributed by atoms with E-state index in [-0.39, 0.29) is 35.0 Å². The first-order chi connectivity index (χ1) is 18.2. The molecule has 0 radical (unpaired) electrons. The molecule has 0 atom stereocenters. The first kappa shape index (κ1) is 27.0. The number of nitriles is 1. The van der Waals surface area contributed by atoms with Crippen LogP contribution in [-0.2, 0) is 6.18 Å². The molecule has 0 amide bonds. The van der Waals surface area contributed by atoms with Gasteiger partial charge in [0.25, 0.3) is 0 Å². The van der Waals surface area contributed by atoms with Crippen molar-refractivity contribution in [1.82, 2.24) is 14.9 Å². The minimum absolute atomic E-state index is 0.0586. The van der Waals surface area contributed by atoms with Crippen LogP contribution in [0.5, 0.6) is 5.75 Å². The Bertz CT molecular complexity index is 1310. The molecule has 1 fully saturated rings. The lowest BCUT2D eigenvalue weighted by molar-refractivity contribution is -0.138. The van der Waals surface area contributed by atoms with Crippen LogP contribution in [0.4, 0.5) is 30.4 Å². The quantitative estimate of drug-likeness (QED) is 0.413. The van der Waals surface area contributed by atoms with Crippen LogP contribution in [-0.4, -0.2) is 61.2 Å². The van der Waals surface area contributed by atoms with Gasteiger partial charge in [0, 0.05) is 51.5 Å². The Labute approximate surface area is 219 Å². The summed E-state index contributed by atoms with van der Waals surface area (Å²) < 4.78 is 47.3. The summed E-state index contributed by atoms with van der Waals surface area (Å²) in [4.78, 5) is 13.2. The van der Waals surface area contributed by atoms with E-state index in [0.717, 1.165) is 50.2 Å². The van der Waals surface area contributed by atoms with E-state index in [1.807, 2.05) is 25.1 Å². The predicted molar refractivity (Wildman–Crippen MR) is 141 cm³/mol. The van der Waals surface area contributed by atoms with Crippen molar-refractivity contribution in [2.75, 3.05) is 62.3 Å². The maximum absolute atomic E-state index is 13.9. The number of nitrogens with two attached hydrogens (primary N) is 1. The summed E-state index contributed by atoms with van der Waals surface area (Å²) in [7, 11) is 1.61. The van der Waals surface area contributed by atoms with Crippen LogP contribution in [0.1, 0.15) is 23.2 Å². The number of rotatable bonds is 8. The summed E-state index contributed by atoms with van der Waals surface area (Å²) in [5, 5.41) is 12.1. The van der Waals surface area contributed by atoms with Gasteiger partial charge < -0.3 is 20.7 Å². The van der Waals surface area contributed by atoms with Gasteiger partial charge in [-0.15, -0.1) is 0 Å². The van der Waals surface area contributed by atoms with Gasteiger partial charge >= 0.3 is 6.18 Å². The number of alkyl halides is 3. The molecule has 38 heavy (non-hydrogen) atoms. The van der Waals surface area contributed by atoms with Crippen molar-refractivity contribution in [1.29, 1.82) is 5.26 Å². The summed E-state index contributed by atoms with van der Waals surface area (Å²) in [6.45, 7) is 6.33. The summed E-state index contributed by atoms with van der Waals surface area (Å²) >= 11 is 0. The lowest BCUT2D eigenvalue weighted by atomic mass is 10.0. The third kappa shape index (κ3) is 6.08. The molecule has 1 aliphatic rings. The van der Waals surface area contributed by atoms with Crippen LogP contribution < -0.4 is 20.7 Å². The fraction of sp³-hybridized carbons (Fsp3) is 0.370. The molecule has 3 N–H and O–H groups in total. The smallest absolute Gasteiger partial charge is 0.419 e. The van der Waals surface area contributed by atoms with Gasteiger partial charge in [0.2, 0.25) is 0 Å². The number of anilines is 3. The third-order valence-electron chi connectivity index (χ3n) is 6.54. The van der Waals surface area contributed by atoms with Crippen LogP contribution >= 0.6 is 0 Å². The van der Waals surface area contributed by atoms with E-state index in [0.29, 0.717) is 12.1 Å². The Morgan fingerprint density at radius 1 is 1.16 bits per heavy atom. The van der Waals surface area contributed by atoms with Crippen molar-refractivity contribution in [3.05, 3.63) is 59.4 Å². The minimum Gasteiger partial charge on any atom is -0.493 e. The average Bonchev–Trinajstić information content (AvgIpc) is 2.91. The number of pyridine rings is 2. The standard InChI is InChI=1S/C27H30F3N7O/c1-18-5-3-8-34-26(18)37-12-10-36(11-13-37)9-4-14-38-24-7-6-19(15-20(24)27(28,29)30)21-16-22(33-2)25(32)23(17-31)35-21/h3,5-8,15-16H,4,9-14,32H2,1-2H3,(H,33,35). The van der Waals surface area contributed by atoms with Gasteiger partial charge in [0.05, 0.1) is 29.2 Å². The number of nitrogen functional groups attached to an aromatic ring is 1. The second kappa shape index (κ2) is 11.6. The molecule has 0 bridgehead atoms. The number of piperazine rings is 1. The van der Waals surface area contributed by atoms with E-state index < -0.39 is 11.7 Å². The highest BCUT2D eigenvalue weighted by atomic mass is 19.4. The van der Waals surface area contributed by atoms with E-state index in [2.05, 4.69) is 25.1 Å². The Kier molecular flexibility index (Phi) is 8.22. The maximum atomic E-state index is 13.9. The lowest BCUT2D eigenvalue weighted by Crippen LogP contribution is -2.47. The van der Waals surface area contributed by atoms with Crippen molar-refractivity contribution in [3.63, 3.8) is 0 Å². The van der Waals surface area contributed by atoms with Gasteiger partial charge in [-0.25, -0.2) is 9.97 Å². The second-order valence-corrected chi connectivity index (χ2v) is 9.06. The molecular formula is C27H30F3N7O. The second-order valence-electron chi connectivity index (χ2n) is 9.06. The Morgan fingerprint density at radius 2 is 1.92 bits per heavy atom. The summed E-state index contributed by atoms with van der Waals surface area (Å²) in [6, 6.07) is 11.2. The number of aryl methyl sites for hydroxylation is 1. The van der Waals surface area contributed by atoms with Gasteiger partial charge in [-0.1, -0.05) is 6.07 Å². The van der Waals surface area contributed by atoms with E-state index >= 15 is 0 Å². The molecule has 0 aliphatic carbocycles. The van der Waals surface area contributed by atoms with E-state index in [4.69, 9.17) is 10.5 Å². The molecule has 1 saturated heterocycles. The van der Waals surface area contributed by atoms with Gasteiger partial charge in [0.1, 0.15) is 17.6 Å². The highest BCUT2D eigenvalue weighted by Crippen LogP contribution is 2.39. The van der Waals surface area contributed by atoms with Gasteiger partial charge in [-0.2, -0.15) is 18.4 Å². The van der Waals surface area contributed by atoms with Gasteiger partial charge in [-0.05, 0) is 49.2 Å². The molecule has 4 rings (SSSR count). The molecule has 3 heterocycles. The van der Waals surface area contributed by atoms with Crippen molar-refractivity contribution in [3.8, 4) is 23.1 Å². The van der Waals surface area contributed by atoms with Crippen molar-refractivity contribution < 1.29 is 17.9 Å². The molecule has 1 aliphatic heterocycles. The monoisotopic (exact) mass is 525 g/mol. The largest absolute Gasteiger partial charge is 0.493 e. The van der Waals surface area contributed by atoms with Crippen molar-refractivity contribution >= 4 is 17.2 Å². The molecule has 0 unspecified atom stereocenters. The van der Waals surface area contributed by atoms with Crippen LogP contribution in [0.3, 0.4) is 0 Å². The number of nitrogens with zero attached hydrogens (tertiary/aromatic N) is 5. The van der Waals surface area contributed by atoms with E-state index in [1.165, 1.54) is 18.2 Å². The zero-order valence-corrected chi connectivity index (χ0v) is 21.3. The molecule has 11 heteroatoms. The van der Waals surface area contributed by atoms with E-state index in [1.54, 1.807) is 13.2 Å². The molecular weight excluding hydrogens is 495 g/mol. The summed E-state index contributed by atoms with van der Waals surface area (Å²) in [5.74, 6) is 0.764. The Hall–Kier alpha value is -4.04. The maximum Gasteiger partial charge on any atom is 0.419 e. The summed E-state index contributed by atoms with van der Waals surface area (Å²) in [6.07, 6.45) is -2.23. The minimum atomic E-state index is -4.62. The lowest BCUT2D eigenvalue weighted by Gasteiger charge is -2.36. The number of hydrogen-bond acceptors (Lipinski definition) is 8. The van der Waals surface area contributed by atoms with Crippen LogP contribution in [0.25, 0.3) is 11.3 Å². The Balaban J connectivity index is 1.38. The fourth-order valence-corrected chi connectivity index (χ4v) is 4.49. The zero-order valence-electron chi connectivity index (χ0n) is 21.3. The number of nitrogens with one attached hydrogen (secondary N) is 1. The molecule has 0 saturated carbocycles. The highest BCUT2D eigenvalue weighted by Gasteiger charge is 2.35. The van der Waals surface area contributed by atoms with Gasteiger partial charge in [-0.3, -0.25) is 4.90 Å². The number of benzene rings is 1. The van der Waals surface area contributed by atoms with Crippen LogP contribution in [0.2, 0.25) is 0 Å². The van der Waals surface area contributed by atoms with Crippen LogP contribution in [0, 0.1) is 18.3 Å². The van der Waals surface area contributed by atoms with Crippen molar-refractivity contribution in [2.45, 2.75) is 19.5 Å². The number of ether oxygens (including phenoxy) is 1. The first-order valence-electron chi connectivity index (χ1n) is 12.3. The number of aromatic nitrogens is 2. The third-order valence-corrected chi connectivity index (χ3v) is 6.54. The fourth-order valence-electron chi connectivity index (χ4n) is 4.49. The summed E-state index contributed by atoms with van der Waals surface area (Å²) in [5.41, 5.74) is 7.04. The Morgan fingerprint density at radius 3 is 2.58 bits per heavy atom. The first-order valence-corrected chi connectivity index (χ1v) is 12.3. The number of hydrogen-bond donors (Lipinski definition) is 2. The predicted octanol–water partition coefficient (Wildman–Crippen LogP) is 4.56. The normalized spacial score (nSPS) is 14.3. The highest BCUT2D eigenvalue weighted by molar-refractivity contribution is 5.77. The van der Waals surface area contributed by atoms with Crippen LogP contribution in [0.15, 0.2) is 42.6 Å². The van der Waals surface area contributed by atoms with Crippen molar-refractivity contribution in [2.24, 2.45) is 0 Å². The average molecular weight is 526 g/mol. The molecule has 2 aromatic heterocycles. The molecule has 3 aromatic rings. The molecule has 8 nitrogen and oxygen atoms in total. The number of halogens is 3.